The minimum atomic E-state index is -0.857. The molecule has 0 radical (unpaired) electrons. The predicted molar refractivity (Wildman–Crippen MR) is 109 cm³/mol. The van der Waals surface area contributed by atoms with Crippen LogP contribution >= 0.6 is 22.6 Å². The Bertz CT molecular complexity index is 1030. The zero-order chi connectivity index (χ0) is 19.0. The number of benzene rings is 1. The van der Waals surface area contributed by atoms with Gasteiger partial charge in [-0.15, -0.1) is 0 Å². The van der Waals surface area contributed by atoms with Gasteiger partial charge in [0.25, 0.3) is 0 Å². The molecule has 4 rings (SSSR count). The van der Waals surface area contributed by atoms with Gasteiger partial charge in [0.2, 0.25) is 0 Å². The summed E-state index contributed by atoms with van der Waals surface area (Å²) in [7, 11) is 0. The third-order valence-electron chi connectivity index (χ3n) is 4.50. The highest BCUT2D eigenvalue weighted by Crippen LogP contribution is 2.31. The minimum Gasteiger partial charge on any atom is -0.493 e. The summed E-state index contributed by atoms with van der Waals surface area (Å²) in [5.41, 5.74) is 9.00. The molecule has 0 fully saturated rings. The van der Waals surface area contributed by atoms with Crippen molar-refractivity contribution >= 4 is 39.6 Å². The van der Waals surface area contributed by atoms with Crippen LogP contribution in [0.1, 0.15) is 17.0 Å². The SMILES string of the molecule is C=CNCCn1c(Cc2cc3c(cc2I)CCO3)nc2c(N)nc(F)nc21. The number of hydrogen-bond donors (Lipinski definition) is 2. The molecule has 0 aliphatic carbocycles. The van der Waals surface area contributed by atoms with Crippen molar-refractivity contribution in [2.24, 2.45) is 0 Å². The van der Waals surface area contributed by atoms with Crippen molar-refractivity contribution in [3.05, 3.63) is 51.5 Å². The average Bonchev–Trinajstić information content (AvgIpc) is 3.20. The van der Waals surface area contributed by atoms with E-state index in [1.54, 1.807) is 6.20 Å². The first-order chi connectivity index (χ1) is 13.1. The average molecular weight is 480 g/mol. The summed E-state index contributed by atoms with van der Waals surface area (Å²) in [6.45, 7) is 5.52. The molecule has 0 atom stereocenters. The summed E-state index contributed by atoms with van der Waals surface area (Å²) in [4.78, 5) is 12.1. The number of nitrogens with zero attached hydrogens (tertiary/aromatic N) is 4. The molecule has 3 heterocycles. The fraction of sp³-hybridized carbons (Fsp3) is 0.278. The molecule has 27 heavy (non-hydrogen) atoms. The number of fused-ring (bicyclic) bond motifs is 2. The van der Waals surface area contributed by atoms with E-state index in [4.69, 9.17) is 10.5 Å². The van der Waals surface area contributed by atoms with Gasteiger partial charge in [-0.25, -0.2) is 4.98 Å². The van der Waals surface area contributed by atoms with Crippen molar-refractivity contribution in [3.8, 4) is 5.75 Å². The fourth-order valence-electron chi connectivity index (χ4n) is 3.23. The van der Waals surface area contributed by atoms with E-state index in [9.17, 15) is 4.39 Å². The smallest absolute Gasteiger partial charge is 0.312 e. The number of nitrogens with two attached hydrogens (primary N) is 1. The van der Waals surface area contributed by atoms with Crippen LogP contribution in [0.15, 0.2) is 24.9 Å². The number of hydrogen-bond acceptors (Lipinski definition) is 6. The van der Waals surface area contributed by atoms with Gasteiger partial charge in [-0.05, 0) is 52.1 Å². The molecular weight excluding hydrogens is 462 g/mol. The number of ether oxygens (including phenoxy) is 1. The maximum absolute atomic E-state index is 13.7. The molecule has 0 spiro atoms. The van der Waals surface area contributed by atoms with Crippen LogP contribution in [-0.4, -0.2) is 32.7 Å². The van der Waals surface area contributed by atoms with E-state index in [2.05, 4.69) is 61.6 Å². The van der Waals surface area contributed by atoms with E-state index < -0.39 is 6.08 Å². The van der Waals surface area contributed by atoms with E-state index in [1.165, 1.54) is 5.56 Å². The topological polar surface area (TPSA) is 90.9 Å². The van der Waals surface area contributed by atoms with Crippen molar-refractivity contribution in [1.29, 1.82) is 0 Å². The molecular formula is C18H18FIN6O. The Morgan fingerprint density at radius 1 is 1.37 bits per heavy atom. The van der Waals surface area contributed by atoms with Gasteiger partial charge in [0.05, 0.1) is 6.61 Å². The number of anilines is 1. The van der Waals surface area contributed by atoms with Gasteiger partial charge in [-0.1, -0.05) is 6.58 Å². The Kier molecular flexibility index (Phi) is 4.85. The highest BCUT2D eigenvalue weighted by molar-refractivity contribution is 14.1. The lowest BCUT2D eigenvalue weighted by molar-refractivity contribution is 0.356. The number of imidazole rings is 1. The number of nitrogen functional groups attached to an aromatic ring is 1. The molecule has 9 heteroatoms. The van der Waals surface area contributed by atoms with Crippen molar-refractivity contribution in [2.75, 3.05) is 18.9 Å². The quantitative estimate of drug-likeness (QED) is 0.320. The Morgan fingerprint density at radius 2 is 2.22 bits per heavy atom. The van der Waals surface area contributed by atoms with E-state index in [0.29, 0.717) is 37.3 Å². The fourth-order valence-corrected chi connectivity index (χ4v) is 3.95. The van der Waals surface area contributed by atoms with E-state index in [1.807, 2.05) is 4.57 Å². The van der Waals surface area contributed by atoms with Crippen LogP contribution in [0.3, 0.4) is 0 Å². The second-order valence-electron chi connectivity index (χ2n) is 6.21. The second-order valence-corrected chi connectivity index (χ2v) is 7.38. The molecule has 1 aliphatic rings. The Balaban J connectivity index is 1.77. The minimum absolute atomic E-state index is 0.0427. The van der Waals surface area contributed by atoms with Gasteiger partial charge < -0.3 is 20.4 Å². The molecule has 3 N–H and O–H groups in total. The molecule has 140 valence electrons. The van der Waals surface area contributed by atoms with E-state index in [-0.39, 0.29) is 5.82 Å². The molecule has 3 aromatic rings. The maximum atomic E-state index is 13.7. The van der Waals surface area contributed by atoms with E-state index >= 15 is 0 Å². The van der Waals surface area contributed by atoms with Crippen molar-refractivity contribution in [2.45, 2.75) is 19.4 Å². The van der Waals surface area contributed by atoms with E-state index in [0.717, 1.165) is 27.1 Å². The predicted octanol–water partition coefficient (Wildman–Crippen LogP) is 2.41. The zero-order valence-electron chi connectivity index (χ0n) is 14.5. The van der Waals surface area contributed by atoms with Crippen LogP contribution in [-0.2, 0) is 19.4 Å². The molecule has 0 saturated carbocycles. The number of aromatic nitrogens is 4. The third-order valence-corrected chi connectivity index (χ3v) is 5.51. The lowest BCUT2D eigenvalue weighted by atomic mass is 10.1. The van der Waals surface area contributed by atoms with Crippen LogP contribution in [0.2, 0.25) is 0 Å². The number of halogens is 2. The summed E-state index contributed by atoms with van der Waals surface area (Å²) in [5.74, 6) is 1.71. The molecule has 0 saturated heterocycles. The van der Waals surface area contributed by atoms with Crippen LogP contribution in [0, 0.1) is 9.65 Å². The normalized spacial score (nSPS) is 12.8. The van der Waals surface area contributed by atoms with Gasteiger partial charge in [-0.2, -0.15) is 14.4 Å². The Morgan fingerprint density at radius 3 is 3.04 bits per heavy atom. The molecule has 0 unspecified atom stereocenters. The largest absolute Gasteiger partial charge is 0.493 e. The molecule has 1 aromatic carbocycles. The van der Waals surface area contributed by atoms with Crippen LogP contribution < -0.4 is 15.8 Å². The Hall–Kier alpha value is -2.43. The number of rotatable bonds is 6. The second kappa shape index (κ2) is 7.29. The summed E-state index contributed by atoms with van der Waals surface area (Å²) < 4.78 is 22.4. The number of nitrogens with one attached hydrogen (secondary N) is 1. The molecule has 0 bridgehead atoms. The molecule has 7 nitrogen and oxygen atoms in total. The highest BCUT2D eigenvalue weighted by Gasteiger charge is 2.20. The van der Waals surface area contributed by atoms with Crippen LogP contribution in [0.5, 0.6) is 5.75 Å². The first kappa shape index (κ1) is 18.0. The van der Waals surface area contributed by atoms with Crippen molar-refractivity contribution in [1.82, 2.24) is 24.8 Å². The molecule has 2 aromatic heterocycles. The standard InChI is InChI=1S/C18H18FIN6O/c1-2-22-4-5-26-14(23-15-16(21)24-18(19)25-17(15)26)9-11-8-13-10(3-6-27-13)7-12(11)20/h2,7-8,22H,1,3-6,9H2,(H2,21,24,25). The van der Waals surface area contributed by atoms with Gasteiger partial charge in [0.15, 0.2) is 17.0 Å². The van der Waals surface area contributed by atoms with Crippen LogP contribution in [0.4, 0.5) is 10.2 Å². The summed E-state index contributed by atoms with van der Waals surface area (Å²) in [6.07, 6.45) is 2.25. The van der Waals surface area contributed by atoms with Crippen LogP contribution in [0.25, 0.3) is 11.2 Å². The van der Waals surface area contributed by atoms with Gasteiger partial charge >= 0.3 is 6.08 Å². The molecule has 0 amide bonds. The Labute approximate surface area is 169 Å². The summed E-state index contributed by atoms with van der Waals surface area (Å²) in [6, 6.07) is 4.21. The van der Waals surface area contributed by atoms with Crippen molar-refractivity contribution < 1.29 is 9.13 Å². The van der Waals surface area contributed by atoms with Crippen molar-refractivity contribution in [3.63, 3.8) is 0 Å². The maximum Gasteiger partial charge on any atom is 0.312 e. The lowest BCUT2D eigenvalue weighted by Gasteiger charge is -2.11. The van der Waals surface area contributed by atoms with Gasteiger partial charge in [0.1, 0.15) is 11.6 Å². The van der Waals surface area contributed by atoms with Gasteiger partial charge in [-0.3, -0.25) is 0 Å². The molecule has 1 aliphatic heterocycles. The lowest BCUT2D eigenvalue weighted by Crippen LogP contribution is -2.16. The summed E-state index contributed by atoms with van der Waals surface area (Å²) >= 11 is 2.33. The zero-order valence-corrected chi connectivity index (χ0v) is 16.7. The third kappa shape index (κ3) is 3.43. The first-order valence-electron chi connectivity index (χ1n) is 8.53. The highest BCUT2D eigenvalue weighted by atomic mass is 127. The summed E-state index contributed by atoms with van der Waals surface area (Å²) in [5, 5.41) is 3.04. The first-order valence-corrected chi connectivity index (χ1v) is 9.61. The monoisotopic (exact) mass is 480 g/mol. The van der Waals surface area contributed by atoms with Gasteiger partial charge in [0, 0.05) is 29.5 Å².